The molecule has 6 nitrogen and oxygen atoms in total. The summed E-state index contributed by atoms with van der Waals surface area (Å²) in [6.07, 6.45) is 4.30. The number of carbonyl (C=O) groups is 1. The molecule has 0 spiro atoms. The number of morpholine rings is 1. The van der Waals surface area contributed by atoms with Crippen LogP contribution in [0.5, 0.6) is 0 Å². The van der Waals surface area contributed by atoms with Crippen LogP contribution >= 0.6 is 11.6 Å². The molecule has 144 valence electrons. The number of benzene rings is 1. The molecule has 1 aromatic carbocycles. The zero-order valence-corrected chi connectivity index (χ0v) is 16.5. The number of carbonyl (C=O) groups excluding carboxylic acids is 1. The van der Waals surface area contributed by atoms with Crippen LogP contribution in [0, 0.1) is 5.92 Å². The molecular formula is C18H25ClN2O4S. The van der Waals surface area contributed by atoms with Crippen LogP contribution in [-0.2, 0) is 14.8 Å². The molecule has 1 N–H and O–H groups in total. The quantitative estimate of drug-likeness (QED) is 0.843. The molecule has 0 bridgehead atoms. The summed E-state index contributed by atoms with van der Waals surface area (Å²) in [6, 6.07) is 4.42. The molecule has 1 aliphatic carbocycles. The van der Waals surface area contributed by atoms with Crippen molar-refractivity contribution in [1.29, 1.82) is 0 Å². The van der Waals surface area contributed by atoms with E-state index in [1.54, 1.807) is 0 Å². The van der Waals surface area contributed by atoms with Crippen LogP contribution in [0.25, 0.3) is 0 Å². The molecular weight excluding hydrogens is 376 g/mol. The molecule has 8 heteroatoms. The molecule has 1 heterocycles. The predicted molar refractivity (Wildman–Crippen MR) is 99.9 cm³/mol. The molecule has 0 unspecified atom stereocenters. The third-order valence-corrected chi connectivity index (χ3v) is 7.44. The highest BCUT2D eigenvalue weighted by atomic mass is 35.5. The lowest BCUT2D eigenvalue weighted by atomic mass is 9.86. The van der Waals surface area contributed by atoms with Crippen molar-refractivity contribution in [3.05, 3.63) is 28.8 Å². The maximum atomic E-state index is 12.8. The maximum Gasteiger partial charge on any atom is 0.253 e. The highest BCUT2D eigenvalue weighted by Crippen LogP contribution is 2.26. The van der Waals surface area contributed by atoms with Crippen molar-refractivity contribution in [2.24, 2.45) is 5.92 Å². The Morgan fingerprint density at radius 1 is 1.23 bits per heavy atom. The van der Waals surface area contributed by atoms with Crippen LogP contribution in [-0.4, -0.2) is 51.0 Å². The van der Waals surface area contributed by atoms with Gasteiger partial charge >= 0.3 is 0 Å². The Labute approximate surface area is 159 Å². The van der Waals surface area contributed by atoms with Gasteiger partial charge in [0.1, 0.15) is 0 Å². The monoisotopic (exact) mass is 400 g/mol. The molecule has 2 aliphatic rings. The fraction of sp³-hybridized carbons (Fsp3) is 0.611. The topological polar surface area (TPSA) is 75.7 Å². The van der Waals surface area contributed by atoms with Gasteiger partial charge in [-0.2, -0.15) is 4.31 Å². The molecule has 2 atom stereocenters. The van der Waals surface area contributed by atoms with Gasteiger partial charge in [-0.05, 0) is 37.0 Å². The van der Waals surface area contributed by atoms with Crippen molar-refractivity contribution in [3.8, 4) is 0 Å². The first kappa shape index (κ1) is 19.6. The minimum Gasteiger partial charge on any atom is -0.379 e. The summed E-state index contributed by atoms with van der Waals surface area (Å²) in [6.45, 7) is 3.50. The molecule has 1 saturated heterocycles. The van der Waals surface area contributed by atoms with E-state index >= 15 is 0 Å². The van der Waals surface area contributed by atoms with Gasteiger partial charge < -0.3 is 10.1 Å². The fourth-order valence-electron chi connectivity index (χ4n) is 3.55. The van der Waals surface area contributed by atoms with Crippen LogP contribution < -0.4 is 5.32 Å². The molecule has 1 aliphatic heterocycles. The summed E-state index contributed by atoms with van der Waals surface area (Å²) in [5.74, 6) is 0.0968. The van der Waals surface area contributed by atoms with Crippen LogP contribution in [0.3, 0.4) is 0 Å². The summed E-state index contributed by atoms with van der Waals surface area (Å²) in [4.78, 5) is 12.8. The van der Waals surface area contributed by atoms with Crippen molar-refractivity contribution < 1.29 is 17.9 Å². The number of halogens is 1. The van der Waals surface area contributed by atoms with Gasteiger partial charge in [0.25, 0.3) is 5.91 Å². The summed E-state index contributed by atoms with van der Waals surface area (Å²) in [5, 5.41) is 3.29. The van der Waals surface area contributed by atoms with E-state index in [0.717, 1.165) is 19.3 Å². The third kappa shape index (κ3) is 4.22. The van der Waals surface area contributed by atoms with E-state index in [1.807, 2.05) is 0 Å². The summed E-state index contributed by atoms with van der Waals surface area (Å²) >= 11 is 6.19. The van der Waals surface area contributed by atoms with Gasteiger partial charge in [0.15, 0.2) is 0 Å². The minimum atomic E-state index is -3.66. The van der Waals surface area contributed by atoms with Crippen molar-refractivity contribution in [2.75, 3.05) is 26.3 Å². The van der Waals surface area contributed by atoms with E-state index in [4.69, 9.17) is 16.3 Å². The molecule has 0 aromatic heterocycles. The number of amides is 1. The number of nitrogens with one attached hydrogen (secondary N) is 1. The zero-order valence-electron chi connectivity index (χ0n) is 14.9. The fourth-order valence-corrected chi connectivity index (χ4v) is 5.19. The predicted octanol–water partition coefficient (Wildman–Crippen LogP) is 2.67. The number of rotatable bonds is 4. The van der Waals surface area contributed by atoms with E-state index in [2.05, 4.69) is 12.2 Å². The summed E-state index contributed by atoms with van der Waals surface area (Å²) < 4.78 is 32.2. The third-order valence-electron chi connectivity index (χ3n) is 5.22. The standard InChI is InChI=1S/C18H25ClN2O4S/c1-13-4-2-3-5-17(13)20-18(22)15-12-14(6-7-16(15)19)26(23,24)21-8-10-25-11-9-21/h6-7,12-13,17H,2-5,8-11H2,1H3,(H,20,22)/t13-,17+/m0/s1. The van der Waals surface area contributed by atoms with Gasteiger partial charge in [0, 0.05) is 19.1 Å². The number of ether oxygens (including phenoxy) is 1. The lowest BCUT2D eigenvalue weighted by Crippen LogP contribution is -2.41. The lowest BCUT2D eigenvalue weighted by molar-refractivity contribution is 0.0730. The van der Waals surface area contributed by atoms with Crippen LogP contribution in [0.1, 0.15) is 43.0 Å². The SMILES string of the molecule is C[C@H]1CCCC[C@H]1NC(=O)c1cc(S(=O)(=O)N2CCOCC2)ccc1Cl. The second-order valence-electron chi connectivity index (χ2n) is 7.00. The second-order valence-corrected chi connectivity index (χ2v) is 9.34. The molecule has 3 rings (SSSR count). The Kier molecular flexibility index (Phi) is 6.22. The highest BCUT2D eigenvalue weighted by molar-refractivity contribution is 7.89. The normalized spacial score (nSPS) is 25.0. The van der Waals surface area contributed by atoms with Gasteiger partial charge in [-0.3, -0.25) is 4.79 Å². The maximum absolute atomic E-state index is 12.8. The number of sulfonamides is 1. The Morgan fingerprint density at radius 3 is 2.62 bits per heavy atom. The van der Waals surface area contributed by atoms with Gasteiger partial charge in [-0.25, -0.2) is 8.42 Å². The Bertz CT molecular complexity index is 762. The molecule has 1 amide bonds. The van der Waals surface area contributed by atoms with E-state index in [-0.39, 0.29) is 27.4 Å². The van der Waals surface area contributed by atoms with Crippen molar-refractivity contribution in [2.45, 2.75) is 43.5 Å². The van der Waals surface area contributed by atoms with Gasteiger partial charge in [-0.1, -0.05) is 31.4 Å². The van der Waals surface area contributed by atoms with E-state index in [9.17, 15) is 13.2 Å². The molecule has 1 saturated carbocycles. The summed E-state index contributed by atoms with van der Waals surface area (Å²) in [7, 11) is -3.66. The average Bonchev–Trinajstić information content (AvgIpc) is 2.64. The largest absolute Gasteiger partial charge is 0.379 e. The first-order valence-corrected chi connectivity index (χ1v) is 10.9. The summed E-state index contributed by atoms with van der Waals surface area (Å²) in [5.41, 5.74) is 0.207. The lowest BCUT2D eigenvalue weighted by Gasteiger charge is -2.29. The average molecular weight is 401 g/mol. The van der Waals surface area contributed by atoms with Gasteiger partial charge in [-0.15, -0.1) is 0 Å². The first-order chi connectivity index (χ1) is 12.4. The molecule has 2 fully saturated rings. The Hall–Kier alpha value is -1.15. The van der Waals surface area contributed by atoms with Crippen molar-refractivity contribution in [3.63, 3.8) is 0 Å². The van der Waals surface area contributed by atoms with Gasteiger partial charge in [0.05, 0.1) is 28.7 Å². The highest BCUT2D eigenvalue weighted by Gasteiger charge is 2.29. The van der Waals surface area contributed by atoms with Crippen LogP contribution in [0.15, 0.2) is 23.1 Å². The Morgan fingerprint density at radius 2 is 1.92 bits per heavy atom. The van der Waals surface area contributed by atoms with E-state index < -0.39 is 10.0 Å². The Balaban J connectivity index is 1.81. The van der Waals surface area contributed by atoms with Crippen molar-refractivity contribution >= 4 is 27.5 Å². The minimum absolute atomic E-state index is 0.0886. The van der Waals surface area contributed by atoms with Gasteiger partial charge in [0.2, 0.25) is 10.0 Å². The van der Waals surface area contributed by atoms with Crippen LogP contribution in [0.4, 0.5) is 0 Å². The number of hydrogen-bond donors (Lipinski definition) is 1. The number of nitrogens with zero attached hydrogens (tertiary/aromatic N) is 1. The zero-order chi connectivity index (χ0) is 18.7. The van der Waals surface area contributed by atoms with E-state index in [1.165, 1.54) is 28.9 Å². The molecule has 26 heavy (non-hydrogen) atoms. The smallest absolute Gasteiger partial charge is 0.253 e. The number of hydrogen-bond acceptors (Lipinski definition) is 4. The molecule has 0 radical (unpaired) electrons. The van der Waals surface area contributed by atoms with Crippen molar-refractivity contribution in [1.82, 2.24) is 9.62 Å². The van der Waals surface area contributed by atoms with E-state index in [0.29, 0.717) is 32.2 Å². The molecule has 1 aromatic rings. The van der Waals surface area contributed by atoms with Crippen LogP contribution in [0.2, 0.25) is 5.02 Å². The second kappa shape index (κ2) is 8.25. The first-order valence-electron chi connectivity index (χ1n) is 9.08.